The molecule has 0 aromatic carbocycles. The Hall–Kier alpha value is -0.300. The van der Waals surface area contributed by atoms with Crippen LogP contribution >= 0.6 is 15.9 Å². The Morgan fingerprint density at radius 3 is 2.29 bits per heavy atom. The fourth-order valence-corrected chi connectivity index (χ4v) is 1.32. The smallest absolute Gasteiger partial charge is 0.372 e. The van der Waals surface area contributed by atoms with E-state index < -0.39 is 12.8 Å². The van der Waals surface area contributed by atoms with E-state index in [0.717, 1.165) is 0 Å². The molecule has 0 N–H and O–H groups in total. The molecule has 0 unspecified atom stereocenters. The van der Waals surface area contributed by atoms with E-state index >= 15 is 0 Å². The van der Waals surface area contributed by atoms with Crippen molar-refractivity contribution in [3.05, 3.63) is 0 Å². The van der Waals surface area contributed by atoms with E-state index in [9.17, 15) is 18.0 Å². The van der Waals surface area contributed by atoms with Gasteiger partial charge in [-0.3, -0.25) is 4.79 Å². The van der Waals surface area contributed by atoms with Gasteiger partial charge in [-0.2, -0.15) is 13.2 Å². The third-order valence-corrected chi connectivity index (χ3v) is 3.71. The first kappa shape index (κ1) is 16.7. The molecule has 0 radical (unpaired) electrons. The van der Waals surface area contributed by atoms with Crippen molar-refractivity contribution in [2.24, 2.45) is 0 Å². The van der Waals surface area contributed by atoms with Crippen LogP contribution in [0.3, 0.4) is 0 Å². The van der Waals surface area contributed by atoms with Crippen molar-refractivity contribution in [1.29, 1.82) is 0 Å². The van der Waals surface area contributed by atoms with Crippen LogP contribution in [-0.2, 0) is 9.53 Å². The van der Waals surface area contributed by atoms with Crippen molar-refractivity contribution in [3.63, 3.8) is 0 Å². The largest absolute Gasteiger partial charge is 0.411 e. The number of carbonyl (C=O) groups is 1. The molecule has 0 saturated carbocycles. The number of rotatable bonds is 6. The van der Waals surface area contributed by atoms with Gasteiger partial charge in [0.15, 0.2) is 0 Å². The highest BCUT2D eigenvalue weighted by Gasteiger charge is 2.28. The third kappa shape index (κ3) is 6.88. The zero-order chi connectivity index (χ0) is 13.7. The van der Waals surface area contributed by atoms with E-state index in [1.165, 1.54) is 4.90 Å². The van der Waals surface area contributed by atoms with E-state index in [-0.39, 0.29) is 24.5 Å². The van der Waals surface area contributed by atoms with Gasteiger partial charge in [-0.1, -0.05) is 15.9 Å². The number of halogens is 4. The lowest BCUT2D eigenvalue weighted by molar-refractivity contribution is -0.175. The molecule has 3 nitrogen and oxygen atoms in total. The number of alkyl halides is 4. The first-order chi connectivity index (χ1) is 7.60. The molecule has 0 aromatic heterocycles. The molecule has 0 fully saturated rings. The second-order valence-corrected chi connectivity index (χ2v) is 4.88. The van der Waals surface area contributed by atoms with Crippen molar-refractivity contribution in [1.82, 2.24) is 4.90 Å². The van der Waals surface area contributed by atoms with Crippen molar-refractivity contribution in [2.45, 2.75) is 32.0 Å². The summed E-state index contributed by atoms with van der Waals surface area (Å²) in [6.45, 7) is 2.18. The summed E-state index contributed by atoms with van der Waals surface area (Å²) in [6.07, 6.45) is -4.40. The molecule has 0 heterocycles. The summed E-state index contributed by atoms with van der Waals surface area (Å²) in [5, 5.41) is 0.589. The van der Waals surface area contributed by atoms with Gasteiger partial charge in [-0.15, -0.1) is 0 Å². The van der Waals surface area contributed by atoms with Gasteiger partial charge in [0.1, 0.15) is 6.61 Å². The number of hydrogen-bond donors (Lipinski definition) is 0. The Kier molecular flexibility index (Phi) is 6.47. The third-order valence-electron chi connectivity index (χ3n) is 2.34. The predicted molar refractivity (Wildman–Crippen MR) is 62.1 cm³/mol. The van der Waals surface area contributed by atoms with Crippen LogP contribution < -0.4 is 0 Å². The van der Waals surface area contributed by atoms with Crippen LogP contribution in [0.2, 0.25) is 0 Å². The zero-order valence-electron chi connectivity index (χ0n) is 10.1. The molecule has 7 heteroatoms. The van der Waals surface area contributed by atoms with E-state index in [4.69, 9.17) is 0 Å². The zero-order valence-corrected chi connectivity index (χ0v) is 11.7. The summed E-state index contributed by atoms with van der Waals surface area (Å²) in [7, 11) is 1.62. The van der Waals surface area contributed by atoms with Gasteiger partial charge in [-0.25, -0.2) is 0 Å². The van der Waals surface area contributed by atoms with Crippen LogP contribution in [0.4, 0.5) is 13.2 Å². The van der Waals surface area contributed by atoms with Gasteiger partial charge in [0, 0.05) is 17.9 Å². The van der Waals surface area contributed by atoms with Crippen LogP contribution in [0.5, 0.6) is 0 Å². The molecule has 0 aliphatic heterocycles. The quantitative estimate of drug-likeness (QED) is 0.556. The first-order valence-corrected chi connectivity index (χ1v) is 6.19. The molecule has 0 rings (SSSR count). The van der Waals surface area contributed by atoms with Crippen LogP contribution in [-0.4, -0.2) is 48.1 Å². The Bertz CT molecular complexity index is 256. The standard InChI is InChI=1S/C10H17BrF3NO2/c1-9(2,6-11)15(3)8(16)4-5-17-7-10(12,13)14/h4-7H2,1-3H3. The molecule has 0 saturated heterocycles. The maximum Gasteiger partial charge on any atom is 0.411 e. The molecule has 0 aliphatic carbocycles. The monoisotopic (exact) mass is 319 g/mol. The van der Waals surface area contributed by atoms with E-state index in [1.54, 1.807) is 7.05 Å². The summed E-state index contributed by atoms with van der Waals surface area (Å²) in [5.41, 5.74) is -0.374. The maximum absolute atomic E-state index is 11.8. The fraction of sp³-hybridized carbons (Fsp3) is 0.900. The second kappa shape index (κ2) is 6.58. The van der Waals surface area contributed by atoms with Crippen molar-refractivity contribution in [2.75, 3.05) is 25.6 Å². The van der Waals surface area contributed by atoms with Crippen LogP contribution in [0.1, 0.15) is 20.3 Å². The van der Waals surface area contributed by atoms with Gasteiger partial charge < -0.3 is 9.64 Å². The van der Waals surface area contributed by atoms with Gasteiger partial charge in [0.2, 0.25) is 5.91 Å². The SMILES string of the molecule is CN(C(=O)CCOCC(F)(F)F)C(C)(C)CBr. The highest BCUT2D eigenvalue weighted by molar-refractivity contribution is 9.09. The van der Waals surface area contributed by atoms with E-state index in [0.29, 0.717) is 5.33 Å². The van der Waals surface area contributed by atoms with Gasteiger partial charge in [-0.05, 0) is 13.8 Å². The van der Waals surface area contributed by atoms with Crippen molar-refractivity contribution < 1.29 is 22.7 Å². The van der Waals surface area contributed by atoms with Crippen LogP contribution in [0.25, 0.3) is 0 Å². The Balaban J connectivity index is 3.95. The highest BCUT2D eigenvalue weighted by Crippen LogP contribution is 2.17. The normalized spacial score (nSPS) is 12.6. The molecular formula is C10H17BrF3NO2. The van der Waals surface area contributed by atoms with Crippen molar-refractivity contribution in [3.8, 4) is 0 Å². The molecule has 0 aliphatic rings. The van der Waals surface area contributed by atoms with Crippen molar-refractivity contribution >= 4 is 21.8 Å². The summed E-state index contributed by atoms with van der Waals surface area (Å²) < 4.78 is 39.6. The maximum atomic E-state index is 11.8. The average Bonchev–Trinajstić information content (AvgIpc) is 2.21. The topological polar surface area (TPSA) is 29.5 Å². The minimum atomic E-state index is -4.34. The molecule has 0 bridgehead atoms. The van der Waals surface area contributed by atoms with E-state index in [2.05, 4.69) is 20.7 Å². The predicted octanol–water partition coefficient (Wildman–Crippen LogP) is 2.59. The van der Waals surface area contributed by atoms with Gasteiger partial charge in [0.25, 0.3) is 0 Å². The van der Waals surface area contributed by atoms with E-state index in [1.807, 2.05) is 13.8 Å². The number of nitrogens with zero attached hydrogens (tertiary/aromatic N) is 1. The second-order valence-electron chi connectivity index (χ2n) is 4.32. The number of carbonyl (C=O) groups excluding carboxylic acids is 1. The number of amides is 1. The number of ether oxygens (including phenoxy) is 1. The molecule has 17 heavy (non-hydrogen) atoms. The minimum Gasteiger partial charge on any atom is -0.372 e. The van der Waals surface area contributed by atoms with Gasteiger partial charge >= 0.3 is 6.18 Å². The lowest BCUT2D eigenvalue weighted by Crippen LogP contribution is -2.46. The molecule has 1 amide bonds. The lowest BCUT2D eigenvalue weighted by atomic mass is 10.1. The first-order valence-electron chi connectivity index (χ1n) is 5.07. The molecule has 0 aromatic rings. The Labute approximate surface area is 107 Å². The summed E-state index contributed by atoms with van der Waals surface area (Å²) >= 11 is 3.27. The fourth-order valence-electron chi connectivity index (χ4n) is 0.942. The summed E-state index contributed by atoms with van der Waals surface area (Å²) in [6, 6.07) is 0. The number of hydrogen-bond acceptors (Lipinski definition) is 2. The van der Waals surface area contributed by atoms with Crippen LogP contribution in [0, 0.1) is 0 Å². The van der Waals surface area contributed by atoms with Crippen LogP contribution in [0.15, 0.2) is 0 Å². The Morgan fingerprint density at radius 1 is 1.35 bits per heavy atom. The molecule has 102 valence electrons. The Morgan fingerprint density at radius 2 is 1.88 bits per heavy atom. The summed E-state index contributed by atoms with van der Waals surface area (Å²) in [5.74, 6) is -0.239. The van der Waals surface area contributed by atoms with Gasteiger partial charge in [0.05, 0.1) is 13.0 Å². The average molecular weight is 320 g/mol. The molecule has 0 atom stereocenters. The lowest BCUT2D eigenvalue weighted by Gasteiger charge is -2.34. The molecule has 0 spiro atoms. The highest BCUT2D eigenvalue weighted by atomic mass is 79.9. The molecular weight excluding hydrogens is 303 g/mol. The minimum absolute atomic E-state index is 0.0526. The summed E-state index contributed by atoms with van der Waals surface area (Å²) in [4.78, 5) is 13.1.